The molecule has 3 heterocycles. The number of pyridine rings is 1. The molecule has 3 rings (SSSR count). The van der Waals surface area contributed by atoms with Crippen LogP contribution < -0.4 is 4.90 Å². The molecule has 2 aromatic heterocycles. The second kappa shape index (κ2) is 4.73. The second-order valence-corrected chi connectivity index (χ2v) is 4.82. The third-order valence-corrected chi connectivity index (χ3v) is 3.53. The van der Waals surface area contributed by atoms with Crippen molar-refractivity contribution in [3.8, 4) is 6.07 Å². The van der Waals surface area contributed by atoms with Crippen molar-refractivity contribution >= 4 is 5.82 Å². The molecule has 0 spiro atoms. The Morgan fingerprint density at radius 1 is 1.37 bits per heavy atom. The Morgan fingerprint density at radius 3 is 2.89 bits per heavy atom. The summed E-state index contributed by atoms with van der Waals surface area (Å²) in [4.78, 5) is 6.68. The molecular weight excluding hydrogens is 238 g/mol. The lowest BCUT2D eigenvalue weighted by molar-refractivity contribution is 0.708. The normalized spacial score (nSPS) is 18.5. The van der Waals surface area contributed by atoms with Gasteiger partial charge in [-0.05, 0) is 25.0 Å². The number of aromatic nitrogens is 3. The summed E-state index contributed by atoms with van der Waals surface area (Å²) in [5.74, 6) is 0.936. The zero-order chi connectivity index (χ0) is 13.2. The molecule has 1 aliphatic heterocycles. The van der Waals surface area contributed by atoms with Gasteiger partial charge < -0.3 is 4.90 Å². The topological polar surface area (TPSA) is 57.7 Å². The van der Waals surface area contributed by atoms with Crippen LogP contribution >= 0.6 is 0 Å². The first-order chi connectivity index (χ1) is 9.28. The predicted octanol–water partition coefficient (Wildman–Crippen LogP) is 2.03. The van der Waals surface area contributed by atoms with Gasteiger partial charge in [-0.25, -0.2) is 4.98 Å². The number of aryl methyl sites for hydroxylation is 1. The molecular formula is C14H15N5. The Morgan fingerprint density at radius 2 is 2.26 bits per heavy atom. The van der Waals surface area contributed by atoms with E-state index in [1.54, 1.807) is 6.20 Å². The van der Waals surface area contributed by atoms with Crippen molar-refractivity contribution in [3.63, 3.8) is 0 Å². The number of hydrogen-bond donors (Lipinski definition) is 0. The van der Waals surface area contributed by atoms with Crippen molar-refractivity contribution in [3.05, 3.63) is 41.9 Å². The summed E-state index contributed by atoms with van der Waals surface area (Å²) in [5, 5.41) is 13.1. The molecule has 0 saturated carbocycles. The third kappa shape index (κ3) is 2.17. The fraction of sp³-hybridized carbons (Fsp3) is 0.357. The smallest absolute Gasteiger partial charge is 0.129 e. The monoisotopic (exact) mass is 253 g/mol. The van der Waals surface area contributed by atoms with Crippen LogP contribution in [0, 0.1) is 11.3 Å². The SMILES string of the molecule is Cn1cc([C@@H]2CCCN2c2ccc(C#N)cn2)cn1. The fourth-order valence-electron chi connectivity index (χ4n) is 2.62. The van der Waals surface area contributed by atoms with Crippen LogP contribution in [0.4, 0.5) is 5.82 Å². The largest absolute Gasteiger partial charge is 0.349 e. The highest BCUT2D eigenvalue weighted by molar-refractivity contribution is 5.45. The molecule has 19 heavy (non-hydrogen) atoms. The highest BCUT2D eigenvalue weighted by Crippen LogP contribution is 2.34. The highest BCUT2D eigenvalue weighted by Gasteiger charge is 2.27. The molecule has 5 heteroatoms. The summed E-state index contributed by atoms with van der Waals surface area (Å²) < 4.78 is 1.83. The quantitative estimate of drug-likeness (QED) is 0.821. The maximum atomic E-state index is 8.81. The lowest BCUT2D eigenvalue weighted by atomic mass is 10.1. The molecule has 0 aromatic carbocycles. The van der Waals surface area contributed by atoms with Crippen molar-refractivity contribution in [2.24, 2.45) is 7.05 Å². The molecule has 0 unspecified atom stereocenters. The Kier molecular flexibility index (Phi) is 2.92. The van der Waals surface area contributed by atoms with Crippen molar-refractivity contribution in [1.82, 2.24) is 14.8 Å². The van der Waals surface area contributed by atoms with Gasteiger partial charge in [0.25, 0.3) is 0 Å². The molecule has 0 amide bonds. The van der Waals surface area contributed by atoms with E-state index in [0.29, 0.717) is 11.6 Å². The molecule has 1 aliphatic rings. The van der Waals surface area contributed by atoms with E-state index in [1.807, 2.05) is 30.1 Å². The van der Waals surface area contributed by atoms with Gasteiger partial charge in [-0.3, -0.25) is 4.68 Å². The van der Waals surface area contributed by atoms with Gasteiger partial charge in [0.1, 0.15) is 11.9 Å². The molecule has 0 radical (unpaired) electrons. The van der Waals surface area contributed by atoms with Crippen LogP contribution in [0.25, 0.3) is 0 Å². The van der Waals surface area contributed by atoms with E-state index in [1.165, 1.54) is 5.56 Å². The molecule has 0 aliphatic carbocycles. The van der Waals surface area contributed by atoms with Crippen molar-refractivity contribution < 1.29 is 0 Å². The number of hydrogen-bond acceptors (Lipinski definition) is 4. The molecule has 0 N–H and O–H groups in total. The van der Waals surface area contributed by atoms with Gasteiger partial charge in [-0.2, -0.15) is 10.4 Å². The molecule has 2 aromatic rings. The van der Waals surface area contributed by atoms with E-state index < -0.39 is 0 Å². The van der Waals surface area contributed by atoms with E-state index in [9.17, 15) is 0 Å². The van der Waals surface area contributed by atoms with E-state index in [0.717, 1.165) is 25.2 Å². The zero-order valence-corrected chi connectivity index (χ0v) is 10.8. The molecule has 1 fully saturated rings. The number of nitriles is 1. The Balaban J connectivity index is 1.88. The first-order valence-corrected chi connectivity index (χ1v) is 6.39. The van der Waals surface area contributed by atoms with Gasteiger partial charge in [-0.1, -0.05) is 0 Å². The van der Waals surface area contributed by atoms with Gasteiger partial charge in [0.15, 0.2) is 0 Å². The van der Waals surface area contributed by atoms with E-state index in [2.05, 4.69) is 27.2 Å². The van der Waals surface area contributed by atoms with Crippen LogP contribution in [0.2, 0.25) is 0 Å². The highest BCUT2D eigenvalue weighted by atomic mass is 15.3. The van der Waals surface area contributed by atoms with Gasteiger partial charge in [0.2, 0.25) is 0 Å². The lowest BCUT2D eigenvalue weighted by Crippen LogP contribution is -2.23. The first kappa shape index (κ1) is 11.7. The van der Waals surface area contributed by atoms with Crippen LogP contribution in [-0.2, 0) is 7.05 Å². The van der Waals surface area contributed by atoms with Crippen LogP contribution in [0.3, 0.4) is 0 Å². The van der Waals surface area contributed by atoms with E-state index >= 15 is 0 Å². The van der Waals surface area contributed by atoms with Crippen molar-refractivity contribution in [1.29, 1.82) is 5.26 Å². The molecule has 1 atom stereocenters. The van der Waals surface area contributed by atoms with Crippen LogP contribution in [0.15, 0.2) is 30.7 Å². The predicted molar refractivity (Wildman–Crippen MR) is 71.5 cm³/mol. The minimum absolute atomic E-state index is 0.342. The fourth-order valence-corrected chi connectivity index (χ4v) is 2.62. The average Bonchev–Trinajstić information content (AvgIpc) is 3.07. The van der Waals surface area contributed by atoms with Crippen molar-refractivity contribution in [2.45, 2.75) is 18.9 Å². The number of nitrogens with zero attached hydrogens (tertiary/aromatic N) is 5. The third-order valence-electron chi connectivity index (χ3n) is 3.53. The molecule has 0 bridgehead atoms. The molecule has 1 saturated heterocycles. The number of rotatable bonds is 2. The average molecular weight is 253 g/mol. The maximum absolute atomic E-state index is 8.81. The maximum Gasteiger partial charge on any atom is 0.129 e. The minimum atomic E-state index is 0.342. The van der Waals surface area contributed by atoms with Crippen molar-refractivity contribution in [2.75, 3.05) is 11.4 Å². The standard InChI is InChI=1S/C14H15N5/c1-18-10-12(9-17-18)13-3-2-6-19(13)14-5-4-11(7-15)8-16-14/h4-5,8-10,13H,2-3,6H2,1H3/t13-/m0/s1. The Bertz CT molecular complexity index is 608. The zero-order valence-electron chi connectivity index (χ0n) is 10.8. The Labute approximate surface area is 112 Å². The van der Waals surface area contributed by atoms with Crippen LogP contribution in [0.1, 0.15) is 30.0 Å². The van der Waals surface area contributed by atoms with Gasteiger partial charge in [0.05, 0.1) is 17.8 Å². The lowest BCUT2D eigenvalue weighted by Gasteiger charge is -2.24. The van der Waals surface area contributed by atoms with Crippen LogP contribution in [-0.4, -0.2) is 21.3 Å². The summed E-state index contributed by atoms with van der Waals surface area (Å²) in [7, 11) is 1.93. The Hall–Kier alpha value is -2.35. The van der Waals surface area contributed by atoms with Crippen LogP contribution in [0.5, 0.6) is 0 Å². The molecule has 5 nitrogen and oxygen atoms in total. The van der Waals surface area contributed by atoms with Gasteiger partial charge >= 0.3 is 0 Å². The first-order valence-electron chi connectivity index (χ1n) is 6.39. The summed E-state index contributed by atoms with van der Waals surface area (Å²) in [6.07, 6.45) is 7.89. The van der Waals surface area contributed by atoms with E-state index in [4.69, 9.17) is 5.26 Å². The summed E-state index contributed by atoms with van der Waals surface area (Å²) in [6, 6.07) is 6.18. The van der Waals surface area contributed by atoms with Gasteiger partial charge in [-0.15, -0.1) is 0 Å². The summed E-state index contributed by atoms with van der Waals surface area (Å²) in [5.41, 5.74) is 1.83. The van der Waals surface area contributed by atoms with Gasteiger partial charge in [0, 0.05) is 31.5 Å². The molecule has 96 valence electrons. The summed E-state index contributed by atoms with van der Waals surface area (Å²) in [6.45, 7) is 0.998. The minimum Gasteiger partial charge on any atom is -0.349 e. The summed E-state index contributed by atoms with van der Waals surface area (Å²) >= 11 is 0. The van der Waals surface area contributed by atoms with E-state index in [-0.39, 0.29) is 0 Å². The second-order valence-electron chi connectivity index (χ2n) is 4.82. The number of anilines is 1.